The highest BCUT2D eigenvalue weighted by atomic mass is 79.9. The quantitative estimate of drug-likeness (QED) is 0.532. The first-order chi connectivity index (χ1) is 7.61. The first kappa shape index (κ1) is 15.1. The number of amides is 2. The lowest BCUT2D eigenvalue weighted by molar-refractivity contribution is -0.119. The van der Waals surface area contributed by atoms with Crippen LogP contribution in [0.15, 0.2) is 10.6 Å². The van der Waals surface area contributed by atoms with Gasteiger partial charge in [-0.15, -0.1) is 0 Å². The van der Waals surface area contributed by atoms with Crippen LogP contribution in [0.5, 0.6) is 0 Å². The second-order valence-electron chi connectivity index (χ2n) is 3.03. The van der Waals surface area contributed by atoms with E-state index in [9.17, 15) is 9.59 Å². The summed E-state index contributed by atoms with van der Waals surface area (Å²) in [5.74, 6) is -0.612. The van der Waals surface area contributed by atoms with E-state index in [4.69, 9.17) is 4.74 Å². The Morgan fingerprint density at radius 3 is 2.56 bits per heavy atom. The lowest BCUT2D eigenvalue weighted by atomic mass is 10.4. The maximum absolute atomic E-state index is 11.4. The molecule has 16 heavy (non-hydrogen) atoms. The van der Waals surface area contributed by atoms with Crippen LogP contribution in [0.3, 0.4) is 0 Å². The molecule has 0 aliphatic rings. The number of hydrogen-bond acceptors (Lipinski definition) is 3. The van der Waals surface area contributed by atoms with Crippen LogP contribution >= 0.6 is 15.9 Å². The van der Waals surface area contributed by atoms with Crippen molar-refractivity contribution in [1.82, 2.24) is 10.6 Å². The fraction of sp³-hybridized carbons (Fsp3) is 0.600. The normalized spacial score (nSPS) is 11.1. The van der Waals surface area contributed by atoms with Crippen molar-refractivity contribution in [3.8, 4) is 0 Å². The van der Waals surface area contributed by atoms with Crippen LogP contribution in [-0.2, 0) is 14.3 Å². The van der Waals surface area contributed by atoms with Gasteiger partial charge in [-0.25, -0.2) is 0 Å². The van der Waals surface area contributed by atoms with Gasteiger partial charge in [0.2, 0.25) is 5.91 Å². The summed E-state index contributed by atoms with van der Waals surface area (Å²) in [5.41, 5.74) is 0. The first-order valence-corrected chi connectivity index (χ1v) is 5.83. The smallest absolute Gasteiger partial charge is 0.258 e. The minimum Gasteiger partial charge on any atom is -0.383 e. The summed E-state index contributed by atoms with van der Waals surface area (Å²) in [6.45, 7) is 3.40. The molecule has 0 spiro atoms. The van der Waals surface area contributed by atoms with Gasteiger partial charge in [0.05, 0.1) is 11.1 Å². The fourth-order valence-corrected chi connectivity index (χ4v) is 1.18. The molecule has 0 aromatic rings. The first-order valence-electron chi connectivity index (χ1n) is 5.04. The van der Waals surface area contributed by atoms with Gasteiger partial charge < -0.3 is 15.4 Å². The van der Waals surface area contributed by atoms with E-state index >= 15 is 0 Å². The Balaban J connectivity index is 4.00. The summed E-state index contributed by atoms with van der Waals surface area (Å²) in [7, 11) is 1.55. The van der Waals surface area contributed by atoms with Crippen LogP contribution < -0.4 is 10.6 Å². The Kier molecular flexibility index (Phi) is 8.84. The van der Waals surface area contributed by atoms with Gasteiger partial charge in [0.15, 0.2) is 0 Å². The molecule has 6 heteroatoms. The number of carbonyl (C=O) groups is 2. The Morgan fingerprint density at radius 1 is 1.31 bits per heavy atom. The summed E-state index contributed by atoms with van der Waals surface area (Å²) in [4.78, 5) is 22.6. The highest BCUT2D eigenvalue weighted by Crippen LogP contribution is 2.03. The molecule has 2 N–H and O–H groups in total. The lowest BCUT2D eigenvalue weighted by Gasteiger charge is -2.03. The van der Waals surface area contributed by atoms with Gasteiger partial charge in [0.1, 0.15) is 0 Å². The molecular weight excluding hydrogens is 276 g/mol. The van der Waals surface area contributed by atoms with Crippen molar-refractivity contribution in [3.63, 3.8) is 0 Å². The standard InChI is InChI=1S/C10H17BrN2O3/c1-3-4-12-9(14)7-8(11)10(15)13-5-6-16-2/h7H,3-6H2,1-2H3,(H,12,14)(H,13,15)/b8-7-. The highest BCUT2D eigenvalue weighted by molar-refractivity contribution is 9.12. The second-order valence-corrected chi connectivity index (χ2v) is 3.89. The molecular formula is C10H17BrN2O3. The van der Waals surface area contributed by atoms with Gasteiger partial charge in [-0.1, -0.05) is 6.92 Å². The summed E-state index contributed by atoms with van der Waals surface area (Å²) in [6, 6.07) is 0. The molecule has 0 aliphatic heterocycles. The third-order valence-electron chi connectivity index (χ3n) is 1.62. The molecule has 0 aromatic carbocycles. The molecule has 0 saturated heterocycles. The Bertz CT molecular complexity index is 267. The van der Waals surface area contributed by atoms with Crippen LogP contribution in [0, 0.1) is 0 Å². The molecule has 0 saturated carbocycles. The molecule has 0 aromatic heterocycles. The van der Waals surface area contributed by atoms with Gasteiger partial charge in [-0.2, -0.15) is 0 Å². The van der Waals surface area contributed by atoms with Gasteiger partial charge in [0, 0.05) is 26.3 Å². The van der Waals surface area contributed by atoms with Crippen LogP contribution in [0.2, 0.25) is 0 Å². The van der Waals surface area contributed by atoms with Crippen molar-refractivity contribution in [2.75, 3.05) is 26.8 Å². The topological polar surface area (TPSA) is 67.4 Å². The zero-order chi connectivity index (χ0) is 12.4. The second kappa shape index (κ2) is 9.35. The lowest BCUT2D eigenvalue weighted by Crippen LogP contribution is -2.28. The Morgan fingerprint density at radius 2 is 2.00 bits per heavy atom. The average molecular weight is 293 g/mol. The van der Waals surface area contributed by atoms with Crippen molar-refractivity contribution in [1.29, 1.82) is 0 Å². The summed E-state index contributed by atoms with van der Waals surface area (Å²) in [6.07, 6.45) is 2.08. The monoisotopic (exact) mass is 292 g/mol. The van der Waals surface area contributed by atoms with E-state index in [2.05, 4.69) is 26.6 Å². The third kappa shape index (κ3) is 7.42. The molecule has 0 radical (unpaired) electrons. The summed E-state index contributed by atoms with van der Waals surface area (Å²) in [5, 5.41) is 5.22. The van der Waals surface area contributed by atoms with Crippen molar-refractivity contribution in [3.05, 3.63) is 10.6 Å². The SMILES string of the molecule is CCCNC(=O)/C=C(\Br)C(=O)NCCOC. The number of ether oxygens (including phenoxy) is 1. The molecule has 0 bridgehead atoms. The summed E-state index contributed by atoms with van der Waals surface area (Å²) >= 11 is 3.04. The van der Waals surface area contributed by atoms with E-state index < -0.39 is 0 Å². The molecule has 0 aliphatic carbocycles. The van der Waals surface area contributed by atoms with Crippen LogP contribution in [0.4, 0.5) is 0 Å². The predicted octanol–water partition coefficient (Wildman–Crippen LogP) is 0.554. The molecule has 0 fully saturated rings. The number of rotatable bonds is 7. The van der Waals surface area contributed by atoms with Crippen molar-refractivity contribution in [2.24, 2.45) is 0 Å². The fourth-order valence-electron chi connectivity index (χ4n) is 0.831. The Hall–Kier alpha value is -0.880. The summed E-state index contributed by atoms with van der Waals surface area (Å²) < 4.78 is 4.98. The van der Waals surface area contributed by atoms with E-state index in [-0.39, 0.29) is 16.3 Å². The Labute approximate surface area is 104 Å². The van der Waals surface area contributed by atoms with E-state index in [0.29, 0.717) is 19.7 Å². The van der Waals surface area contributed by atoms with E-state index in [1.807, 2.05) is 6.92 Å². The largest absolute Gasteiger partial charge is 0.383 e. The average Bonchev–Trinajstić information content (AvgIpc) is 2.26. The zero-order valence-electron chi connectivity index (χ0n) is 9.51. The molecule has 2 amide bonds. The molecule has 0 rings (SSSR count). The van der Waals surface area contributed by atoms with Crippen molar-refractivity contribution >= 4 is 27.7 Å². The highest BCUT2D eigenvalue weighted by Gasteiger charge is 2.07. The van der Waals surface area contributed by atoms with E-state index in [0.717, 1.165) is 6.42 Å². The van der Waals surface area contributed by atoms with Gasteiger partial charge >= 0.3 is 0 Å². The van der Waals surface area contributed by atoms with Gasteiger partial charge in [-0.3, -0.25) is 9.59 Å². The number of nitrogens with one attached hydrogen (secondary N) is 2. The number of hydrogen-bond donors (Lipinski definition) is 2. The van der Waals surface area contributed by atoms with Gasteiger partial charge in [0.25, 0.3) is 5.91 Å². The molecule has 92 valence electrons. The molecule has 5 nitrogen and oxygen atoms in total. The zero-order valence-corrected chi connectivity index (χ0v) is 11.1. The van der Waals surface area contributed by atoms with Gasteiger partial charge in [-0.05, 0) is 22.4 Å². The number of halogens is 1. The minimum atomic E-state index is -0.330. The minimum absolute atomic E-state index is 0.206. The maximum atomic E-state index is 11.4. The predicted molar refractivity (Wildman–Crippen MR) is 65.2 cm³/mol. The van der Waals surface area contributed by atoms with Crippen LogP contribution in [0.25, 0.3) is 0 Å². The number of methoxy groups -OCH3 is 1. The third-order valence-corrected chi connectivity index (χ3v) is 2.20. The maximum Gasteiger partial charge on any atom is 0.258 e. The molecule has 0 atom stereocenters. The van der Waals surface area contributed by atoms with Crippen molar-refractivity contribution < 1.29 is 14.3 Å². The van der Waals surface area contributed by atoms with E-state index in [1.165, 1.54) is 6.08 Å². The van der Waals surface area contributed by atoms with E-state index in [1.54, 1.807) is 7.11 Å². The van der Waals surface area contributed by atoms with Crippen molar-refractivity contribution in [2.45, 2.75) is 13.3 Å². The number of carbonyl (C=O) groups excluding carboxylic acids is 2. The molecule has 0 heterocycles. The van der Waals surface area contributed by atoms with Crippen LogP contribution in [-0.4, -0.2) is 38.6 Å². The van der Waals surface area contributed by atoms with Crippen LogP contribution in [0.1, 0.15) is 13.3 Å². The molecule has 0 unspecified atom stereocenters.